The van der Waals surface area contributed by atoms with Gasteiger partial charge in [-0.25, -0.2) is 0 Å². The third kappa shape index (κ3) is 3.08. The van der Waals surface area contributed by atoms with Crippen LogP contribution in [0.2, 0.25) is 0 Å². The van der Waals surface area contributed by atoms with E-state index in [0.29, 0.717) is 5.92 Å². The Balaban J connectivity index is 2.64. The first-order valence-corrected chi connectivity index (χ1v) is 6.42. The largest absolute Gasteiger partial charge is 0.352 e. The van der Waals surface area contributed by atoms with Crippen LogP contribution >= 0.6 is 0 Å². The quantitative estimate of drug-likeness (QED) is 0.507. The first-order chi connectivity index (χ1) is 7.53. The third-order valence-electron chi connectivity index (χ3n) is 3.68. The van der Waals surface area contributed by atoms with E-state index >= 15 is 0 Å². The van der Waals surface area contributed by atoms with Crippen LogP contribution in [0, 0.1) is 11.3 Å². The maximum atomic E-state index is 5.75. The topological polar surface area (TPSA) is 18.5 Å². The van der Waals surface area contributed by atoms with Crippen LogP contribution in [0.1, 0.15) is 47.0 Å². The first kappa shape index (κ1) is 13.7. The highest BCUT2D eigenvalue weighted by molar-refractivity contribution is 5.03. The lowest BCUT2D eigenvalue weighted by Gasteiger charge is -2.33. The first-order valence-electron chi connectivity index (χ1n) is 6.42. The molecule has 0 heterocycles. The molecule has 16 heavy (non-hydrogen) atoms. The Morgan fingerprint density at radius 3 is 2.31 bits per heavy atom. The second kappa shape index (κ2) is 5.83. The Labute approximate surface area is 100 Å². The molecule has 0 bridgehead atoms. The Morgan fingerprint density at radius 1 is 1.38 bits per heavy atom. The summed E-state index contributed by atoms with van der Waals surface area (Å²) in [6, 6.07) is 0. The van der Waals surface area contributed by atoms with Gasteiger partial charge in [0.2, 0.25) is 0 Å². The summed E-state index contributed by atoms with van der Waals surface area (Å²) < 4.78 is 11.5. The Hall–Kier alpha value is -0.340. The van der Waals surface area contributed by atoms with Crippen molar-refractivity contribution in [1.82, 2.24) is 0 Å². The van der Waals surface area contributed by atoms with Gasteiger partial charge < -0.3 is 9.47 Å². The van der Waals surface area contributed by atoms with E-state index in [9.17, 15) is 0 Å². The zero-order valence-corrected chi connectivity index (χ0v) is 11.2. The standard InChI is InChI=1S/C14H26O2/c1-6-15-13(16-7-2)14(5)9-8-12(10-14)11(3)4/h12-13H,3,6-10H2,1-2,4-5H3. The van der Waals surface area contributed by atoms with Crippen LogP contribution in [0.4, 0.5) is 0 Å². The van der Waals surface area contributed by atoms with Crippen LogP contribution in [0.15, 0.2) is 12.2 Å². The molecule has 1 rings (SSSR count). The minimum absolute atomic E-state index is 0.0492. The monoisotopic (exact) mass is 226 g/mol. The summed E-state index contributed by atoms with van der Waals surface area (Å²) >= 11 is 0. The van der Waals surface area contributed by atoms with E-state index in [4.69, 9.17) is 9.47 Å². The fraction of sp³-hybridized carbons (Fsp3) is 0.857. The summed E-state index contributed by atoms with van der Waals surface area (Å²) in [5.41, 5.74) is 1.46. The average molecular weight is 226 g/mol. The second-order valence-corrected chi connectivity index (χ2v) is 5.18. The van der Waals surface area contributed by atoms with Gasteiger partial charge in [-0.15, -0.1) is 0 Å². The van der Waals surface area contributed by atoms with Gasteiger partial charge >= 0.3 is 0 Å². The molecule has 0 aromatic carbocycles. The lowest BCUT2D eigenvalue weighted by Crippen LogP contribution is -2.35. The minimum atomic E-state index is -0.0492. The third-order valence-corrected chi connectivity index (χ3v) is 3.68. The van der Waals surface area contributed by atoms with Crippen molar-refractivity contribution < 1.29 is 9.47 Å². The van der Waals surface area contributed by atoms with E-state index in [0.717, 1.165) is 19.6 Å². The average Bonchev–Trinajstić information content (AvgIpc) is 2.62. The van der Waals surface area contributed by atoms with Crippen molar-refractivity contribution in [1.29, 1.82) is 0 Å². The van der Waals surface area contributed by atoms with E-state index in [2.05, 4.69) is 20.4 Å². The zero-order valence-electron chi connectivity index (χ0n) is 11.2. The number of hydrogen-bond acceptors (Lipinski definition) is 2. The van der Waals surface area contributed by atoms with Crippen molar-refractivity contribution in [3.63, 3.8) is 0 Å². The summed E-state index contributed by atoms with van der Waals surface area (Å²) in [7, 11) is 0. The molecule has 0 N–H and O–H groups in total. The smallest absolute Gasteiger partial charge is 0.162 e. The van der Waals surface area contributed by atoms with Crippen LogP contribution in [0.3, 0.4) is 0 Å². The van der Waals surface area contributed by atoms with Gasteiger partial charge in [-0.1, -0.05) is 19.1 Å². The molecule has 0 aromatic heterocycles. The van der Waals surface area contributed by atoms with E-state index < -0.39 is 0 Å². The van der Waals surface area contributed by atoms with Gasteiger partial charge in [0.1, 0.15) is 0 Å². The number of rotatable bonds is 6. The maximum absolute atomic E-state index is 5.75. The van der Waals surface area contributed by atoms with E-state index in [1.807, 2.05) is 13.8 Å². The summed E-state index contributed by atoms with van der Waals surface area (Å²) in [6.45, 7) is 14.0. The highest BCUT2D eigenvalue weighted by Gasteiger charge is 2.42. The molecule has 2 heteroatoms. The van der Waals surface area contributed by atoms with Crippen LogP contribution in [-0.4, -0.2) is 19.5 Å². The van der Waals surface area contributed by atoms with Gasteiger partial charge in [0.15, 0.2) is 6.29 Å². The predicted octanol–water partition coefficient (Wildman–Crippen LogP) is 3.77. The molecule has 1 saturated carbocycles. The van der Waals surface area contributed by atoms with Crippen molar-refractivity contribution in [3.8, 4) is 0 Å². The molecular formula is C14H26O2. The summed E-state index contributed by atoms with van der Waals surface area (Å²) in [5.74, 6) is 0.647. The molecule has 1 fully saturated rings. The summed E-state index contributed by atoms with van der Waals surface area (Å²) in [5, 5.41) is 0. The molecule has 1 aliphatic carbocycles. The van der Waals surface area contributed by atoms with Crippen LogP contribution < -0.4 is 0 Å². The van der Waals surface area contributed by atoms with Crippen LogP contribution in [0.25, 0.3) is 0 Å². The van der Waals surface area contributed by atoms with E-state index in [-0.39, 0.29) is 11.7 Å². The maximum Gasteiger partial charge on any atom is 0.162 e. The van der Waals surface area contributed by atoms with E-state index in [1.165, 1.54) is 18.4 Å². The molecule has 1 aliphatic rings. The van der Waals surface area contributed by atoms with Gasteiger partial charge in [0.25, 0.3) is 0 Å². The zero-order chi connectivity index (χ0) is 12.2. The van der Waals surface area contributed by atoms with Gasteiger partial charge in [0, 0.05) is 18.6 Å². The van der Waals surface area contributed by atoms with Crippen molar-refractivity contribution in [2.75, 3.05) is 13.2 Å². The van der Waals surface area contributed by atoms with Crippen molar-refractivity contribution in [2.45, 2.75) is 53.2 Å². The molecule has 0 radical (unpaired) electrons. The second-order valence-electron chi connectivity index (χ2n) is 5.18. The SMILES string of the molecule is C=C(C)C1CCC(C)(C(OCC)OCC)C1. The lowest BCUT2D eigenvalue weighted by atomic mass is 9.85. The van der Waals surface area contributed by atoms with Gasteiger partial charge in [0.05, 0.1) is 0 Å². The van der Waals surface area contributed by atoms with Crippen LogP contribution in [0.5, 0.6) is 0 Å². The number of allylic oxidation sites excluding steroid dienone is 1. The van der Waals surface area contributed by atoms with Crippen molar-refractivity contribution >= 4 is 0 Å². The Bertz CT molecular complexity index is 231. The molecule has 0 aromatic rings. The fourth-order valence-corrected chi connectivity index (χ4v) is 2.66. The van der Waals surface area contributed by atoms with Crippen LogP contribution in [-0.2, 0) is 9.47 Å². The van der Waals surface area contributed by atoms with Gasteiger partial charge in [-0.05, 0) is 46.0 Å². The Morgan fingerprint density at radius 2 is 1.94 bits per heavy atom. The lowest BCUT2D eigenvalue weighted by molar-refractivity contribution is -0.197. The molecular weight excluding hydrogens is 200 g/mol. The van der Waals surface area contributed by atoms with Gasteiger partial charge in [-0.2, -0.15) is 0 Å². The summed E-state index contributed by atoms with van der Waals surface area (Å²) in [6.07, 6.45) is 3.50. The molecule has 2 atom stereocenters. The minimum Gasteiger partial charge on any atom is -0.352 e. The Kier molecular flexibility index (Phi) is 5.00. The molecule has 2 unspecified atom stereocenters. The normalized spacial score (nSPS) is 29.9. The van der Waals surface area contributed by atoms with E-state index in [1.54, 1.807) is 0 Å². The fourth-order valence-electron chi connectivity index (χ4n) is 2.66. The molecule has 2 nitrogen and oxygen atoms in total. The number of hydrogen-bond donors (Lipinski definition) is 0. The summed E-state index contributed by atoms with van der Waals surface area (Å²) in [4.78, 5) is 0. The highest BCUT2D eigenvalue weighted by atomic mass is 16.7. The molecule has 0 saturated heterocycles. The highest BCUT2D eigenvalue weighted by Crippen LogP contribution is 2.47. The predicted molar refractivity (Wildman–Crippen MR) is 67.3 cm³/mol. The van der Waals surface area contributed by atoms with Crippen molar-refractivity contribution in [2.24, 2.45) is 11.3 Å². The molecule has 0 spiro atoms. The molecule has 0 amide bonds. The number of ether oxygens (including phenoxy) is 2. The molecule has 0 aliphatic heterocycles. The van der Waals surface area contributed by atoms with Gasteiger partial charge in [-0.3, -0.25) is 0 Å². The van der Waals surface area contributed by atoms with Crippen molar-refractivity contribution in [3.05, 3.63) is 12.2 Å². The molecule has 94 valence electrons.